The van der Waals surface area contributed by atoms with Crippen molar-refractivity contribution in [3.63, 3.8) is 0 Å². The molecule has 0 aliphatic carbocycles. The number of aromatic nitrogens is 6. The highest BCUT2D eigenvalue weighted by atomic mass is 16.5. The molecule has 0 saturated carbocycles. The van der Waals surface area contributed by atoms with E-state index in [1.807, 2.05) is 16.6 Å². The Hall–Kier alpha value is -2.59. The average molecular weight is 427 g/mol. The van der Waals surface area contributed by atoms with Crippen LogP contribution in [0.3, 0.4) is 0 Å². The summed E-state index contributed by atoms with van der Waals surface area (Å²) in [5.74, 6) is 3.58. The Labute approximate surface area is 181 Å². The van der Waals surface area contributed by atoms with Crippen LogP contribution in [-0.2, 0) is 16.7 Å². The number of hydrogen-bond donors (Lipinski definition) is 0. The molecule has 0 amide bonds. The summed E-state index contributed by atoms with van der Waals surface area (Å²) < 4.78 is 13.2. The molecule has 0 atom stereocenters. The molecule has 0 bridgehead atoms. The fourth-order valence-corrected chi connectivity index (χ4v) is 4.12. The Morgan fingerprint density at radius 1 is 1.06 bits per heavy atom. The highest BCUT2D eigenvalue weighted by Crippen LogP contribution is 2.27. The number of fused-ring (bicyclic) bond motifs is 1. The van der Waals surface area contributed by atoms with Crippen molar-refractivity contribution in [3.8, 4) is 0 Å². The SMILES string of the molecule is CN(Cc1nnc(C2CCOCC2)o1)C1CN(c2ccc3nnc(C(C)(C)C)n3n2)C1. The second-order valence-corrected chi connectivity index (χ2v) is 9.63. The maximum Gasteiger partial charge on any atom is 0.230 e. The minimum absolute atomic E-state index is 0.115. The van der Waals surface area contributed by atoms with Gasteiger partial charge in [0.2, 0.25) is 11.8 Å². The summed E-state index contributed by atoms with van der Waals surface area (Å²) in [6.45, 7) is 10.4. The second-order valence-electron chi connectivity index (χ2n) is 9.63. The van der Waals surface area contributed by atoms with Crippen LogP contribution in [-0.4, -0.2) is 74.3 Å². The smallest absolute Gasteiger partial charge is 0.230 e. The van der Waals surface area contributed by atoms with Crippen molar-refractivity contribution in [3.05, 3.63) is 29.7 Å². The van der Waals surface area contributed by atoms with E-state index in [0.29, 0.717) is 24.4 Å². The first kappa shape index (κ1) is 20.3. The predicted octanol–water partition coefficient (Wildman–Crippen LogP) is 2.02. The van der Waals surface area contributed by atoms with E-state index >= 15 is 0 Å². The molecular weight excluding hydrogens is 396 g/mol. The number of ether oxygens (including phenoxy) is 1. The summed E-state index contributed by atoms with van der Waals surface area (Å²) in [6.07, 6.45) is 1.91. The van der Waals surface area contributed by atoms with Gasteiger partial charge in [-0.1, -0.05) is 20.8 Å². The minimum atomic E-state index is -0.115. The van der Waals surface area contributed by atoms with Gasteiger partial charge in [0.15, 0.2) is 11.5 Å². The van der Waals surface area contributed by atoms with Gasteiger partial charge in [-0.3, -0.25) is 4.90 Å². The number of hydrogen-bond acceptors (Lipinski definition) is 9. The molecule has 10 heteroatoms. The van der Waals surface area contributed by atoms with Gasteiger partial charge in [-0.05, 0) is 32.0 Å². The van der Waals surface area contributed by atoms with Gasteiger partial charge in [0, 0.05) is 43.7 Å². The molecule has 0 N–H and O–H groups in total. The molecule has 2 saturated heterocycles. The molecule has 2 aliphatic rings. The molecule has 0 aromatic carbocycles. The number of nitrogens with zero attached hydrogens (tertiary/aromatic N) is 8. The summed E-state index contributed by atoms with van der Waals surface area (Å²) in [4.78, 5) is 4.55. The molecule has 0 unspecified atom stereocenters. The third kappa shape index (κ3) is 4.01. The van der Waals surface area contributed by atoms with Crippen molar-refractivity contribution >= 4 is 11.5 Å². The van der Waals surface area contributed by atoms with Crippen LogP contribution in [0.2, 0.25) is 0 Å². The van der Waals surface area contributed by atoms with E-state index < -0.39 is 0 Å². The van der Waals surface area contributed by atoms with Crippen LogP contribution in [0.4, 0.5) is 5.82 Å². The number of likely N-dealkylation sites (N-methyl/N-ethyl adjacent to an activating group) is 1. The first-order valence-corrected chi connectivity index (χ1v) is 11.0. The van der Waals surface area contributed by atoms with Gasteiger partial charge in [-0.15, -0.1) is 25.5 Å². The first-order chi connectivity index (χ1) is 14.9. The van der Waals surface area contributed by atoms with E-state index in [2.05, 4.69) is 58.0 Å². The third-order valence-corrected chi connectivity index (χ3v) is 6.17. The van der Waals surface area contributed by atoms with E-state index in [4.69, 9.17) is 14.3 Å². The fourth-order valence-electron chi connectivity index (χ4n) is 4.12. The van der Waals surface area contributed by atoms with E-state index in [0.717, 1.165) is 62.3 Å². The molecule has 0 spiro atoms. The fraction of sp³-hybridized carbons (Fsp3) is 0.667. The molecule has 2 fully saturated rings. The van der Waals surface area contributed by atoms with Gasteiger partial charge < -0.3 is 14.1 Å². The van der Waals surface area contributed by atoms with Crippen molar-refractivity contribution in [1.82, 2.24) is 34.9 Å². The van der Waals surface area contributed by atoms with Gasteiger partial charge in [0.1, 0.15) is 5.82 Å². The van der Waals surface area contributed by atoms with Crippen molar-refractivity contribution in [2.24, 2.45) is 0 Å². The lowest BCUT2D eigenvalue weighted by Crippen LogP contribution is -2.58. The first-order valence-electron chi connectivity index (χ1n) is 11.0. The van der Waals surface area contributed by atoms with Crippen LogP contribution >= 0.6 is 0 Å². The molecule has 0 radical (unpaired) electrons. The quantitative estimate of drug-likeness (QED) is 0.607. The summed E-state index contributed by atoms with van der Waals surface area (Å²) in [5, 5.41) is 21.9. The summed E-state index contributed by atoms with van der Waals surface area (Å²) in [7, 11) is 2.11. The molecule has 5 rings (SSSR count). The number of anilines is 1. The van der Waals surface area contributed by atoms with E-state index in [1.54, 1.807) is 0 Å². The minimum Gasteiger partial charge on any atom is -0.424 e. The largest absolute Gasteiger partial charge is 0.424 e. The van der Waals surface area contributed by atoms with Crippen LogP contribution < -0.4 is 4.90 Å². The Morgan fingerprint density at radius 2 is 1.84 bits per heavy atom. The van der Waals surface area contributed by atoms with E-state index in [9.17, 15) is 0 Å². The molecule has 2 aliphatic heterocycles. The van der Waals surface area contributed by atoms with Gasteiger partial charge >= 0.3 is 0 Å². The third-order valence-electron chi connectivity index (χ3n) is 6.17. The summed E-state index contributed by atoms with van der Waals surface area (Å²) in [5.41, 5.74) is 0.663. The Balaban J connectivity index is 1.20. The van der Waals surface area contributed by atoms with Crippen LogP contribution in [0.25, 0.3) is 5.65 Å². The van der Waals surface area contributed by atoms with Gasteiger partial charge in [0.05, 0.1) is 6.54 Å². The topological polar surface area (TPSA) is 97.7 Å². The van der Waals surface area contributed by atoms with Crippen molar-refractivity contribution < 1.29 is 9.15 Å². The Morgan fingerprint density at radius 3 is 2.58 bits per heavy atom. The summed E-state index contributed by atoms with van der Waals surface area (Å²) >= 11 is 0. The number of rotatable bonds is 5. The molecule has 5 heterocycles. The van der Waals surface area contributed by atoms with E-state index in [-0.39, 0.29) is 5.41 Å². The lowest BCUT2D eigenvalue weighted by molar-refractivity contribution is 0.0786. The normalized spacial score (nSPS) is 18.8. The maximum absolute atomic E-state index is 5.95. The predicted molar refractivity (Wildman–Crippen MR) is 114 cm³/mol. The zero-order chi connectivity index (χ0) is 21.6. The Bertz CT molecular complexity index is 1040. The lowest BCUT2D eigenvalue weighted by atomic mass is 9.96. The molecule has 31 heavy (non-hydrogen) atoms. The van der Waals surface area contributed by atoms with Gasteiger partial charge in [-0.25, -0.2) is 0 Å². The standard InChI is InChI=1S/C21H30N8O2/c1-21(2,3)20-25-22-16-5-6-17(26-29(16)20)28-11-15(12-28)27(4)13-18-23-24-19(31-18)14-7-9-30-10-8-14/h5-6,14-15H,7-13H2,1-4H3. The molecule has 166 valence electrons. The van der Waals surface area contributed by atoms with Crippen molar-refractivity contribution in [1.29, 1.82) is 0 Å². The van der Waals surface area contributed by atoms with E-state index in [1.165, 1.54) is 0 Å². The maximum atomic E-state index is 5.95. The van der Waals surface area contributed by atoms with Crippen LogP contribution in [0.15, 0.2) is 16.5 Å². The molecule has 3 aromatic heterocycles. The zero-order valence-corrected chi connectivity index (χ0v) is 18.7. The molecule has 3 aromatic rings. The second kappa shape index (κ2) is 7.83. The summed E-state index contributed by atoms with van der Waals surface area (Å²) in [6, 6.07) is 4.42. The van der Waals surface area contributed by atoms with Crippen molar-refractivity contribution in [2.75, 3.05) is 38.3 Å². The highest BCUT2D eigenvalue weighted by molar-refractivity contribution is 5.48. The van der Waals surface area contributed by atoms with Crippen molar-refractivity contribution in [2.45, 2.75) is 57.5 Å². The zero-order valence-electron chi connectivity index (χ0n) is 18.7. The monoisotopic (exact) mass is 426 g/mol. The Kier molecular flexibility index (Phi) is 5.13. The van der Waals surface area contributed by atoms with Crippen LogP contribution in [0.5, 0.6) is 0 Å². The molecular formula is C21H30N8O2. The van der Waals surface area contributed by atoms with Crippen LogP contribution in [0, 0.1) is 0 Å². The molecule has 10 nitrogen and oxygen atoms in total. The highest BCUT2D eigenvalue weighted by Gasteiger charge is 2.33. The lowest BCUT2D eigenvalue weighted by Gasteiger charge is -2.44. The average Bonchev–Trinajstić information content (AvgIpc) is 3.34. The van der Waals surface area contributed by atoms with Crippen LogP contribution in [0.1, 0.15) is 57.1 Å². The van der Waals surface area contributed by atoms with Gasteiger partial charge in [-0.2, -0.15) is 4.52 Å². The van der Waals surface area contributed by atoms with Gasteiger partial charge in [0.25, 0.3) is 0 Å².